The number of imide groups is 1. The predicted octanol–water partition coefficient (Wildman–Crippen LogP) is 3.33. The van der Waals surface area contributed by atoms with Crippen LogP contribution >= 0.6 is 11.3 Å². The number of hydrogen-bond donors (Lipinski definition) is 2. The molecule has 32 heavy (non-hydrogen) atoms. The molecule has 0 atom stereocenters. The van der Waals surface area contributed by atoms with Gasteiger partial charge in [-0.05, 0) is 22.6 Å². The van der Waals surface area contributed by atoms with Crippen LogP contribution in [0.2, 0.25) is 0 Å². The summed E-state index contributed by atoms with van der Waals surface area (Å²) in [5.41, 5.74) is 0.949. The third kappa shape index (κ3) is 4.38. The number of urea groups is 1. The summed E-state index contributed by atoms with van der Waals surface area (Å²) < 4.78 is 0. The molecule has 1 saturated heterocycles. The van der Waals surface area contributed by atoms with Crippen LogP contribution in [-0.2, 0) is 22.4 Å². The maximum atomic E-state index is 13.5. The van der Waals surface area contributed by atoms with Gasteiger partial charge in [-0.15, -0.1) is 11.3 Å². The fraction of sp³-hybridized carbons (Fsp3) is 0.167. The molecular weight excluding hydrogens is 424 g/mol. The molecule has 2 aromatic carbocycles. The van der Waals surface area contributed by atoms with Crippen molar-refractivity contribution < 1.29 is 14.4 Å². The van der Waals surface area contributed by atoms with E-state index >= 15 is 0 Å². The highest BCUT2D eigenvalue weighted by Crippen LogP contribution is 2.28. The Hall–Kier alpha value is -3.96. The predicted molar refractivity (Wildman–Crippen MR) is 121 cm³/mol. The summed E-state index contributed by atoms with van der Waals surface area (Å²) in [5.74, 6) is -0.986. The van der Waals surface area contributed by atoms with E-state index in [9.17, 15) is 14.4 Å². The lowest BCUT2D eigenvalue weighted by atomic mass is 9.84. The molecule has 3 aromatic rings. The monoisotopic (exact) mass is 444 g/mol. The van der Waals surface area contributed by atoms with Crippen LogP contribution in [0.25, 0.3) is 0 Å². The highest BCUT2D eigenvalue weighted by atomic mass is 32.1. The van der Waals surface area contributed by atoms with Gasteiger partial charge in [0.15, 0.2) is 0 Å². The van der Waals surface area contributed by atoms with Crippen molar-refractivity contribution in [3.8, 4) is 6.07 Å². The first kappa shape index (κ1) is 21.3. The molecule has 1 aliphatic rings. The Labute approximate surface area is 189 Å². The molecule has 0 aliphatic carbocycles. The first-order valence-electron chi connectivity index (χ1n) is 10.0. The van der Waals surface area contributed by atoms with Crippen molar-refractivity contribution in [3.05, 3.63) is 88.8 Å². The number of amides is 4. The first-order valence-corrected chi connectivity index (χ1v) is 10.9. The van der Waals surface area contributed by atoms with E-state index in [-0.39, 0.29) is 0 Å². The normalized spacial score (nSPS) is 14.7. The van der Waals surface area contributed by atoms with Crippen molar-refractivity contribution >= 4 is 34.2 Å². The lowest BCUT2D eigenvalue weighted by Crippen LogP contribution is -2.51. The lowest BCUT2D eigenvalue weighted by Gasteiger charge is -2.27. The molecule has 0 saturated carbocycles. The van der Waals surface area contributed by atoms with Crippen LogP contribution in [0.15, 0.2) is 72.1 Å². The van der Waals surface area contributed by atoms with Gasteiger partial charge < -0.3 is 10.6 Å². The Balaban J connectivity index is 1.57. The third-order valence-corrected chi connectivity index (χ3v) is 6.11. The largest absolute Gasteiger partial charge is 0.325 e. The molecule has 0 radical (unpaired) electrons. The molecule has 1 aliphatic heterocycles. The molecule has 0 unspecified atom stereocenters. The fourth-order valence-electron chi connectivity index (χ4n) is 3.81. The minimum absolute atomic E-state index is 0.301. The molecule has 0 bridgehead atoms. The fourth-order valence-corrected chi connectivity index (χ4v) is 4.57. The number of nitrogens with zero attached hydrogens (tertiary/aromatic N) is 2. The number of thiophene rings is 1. The van der Waals surface area contributed by atoms with Gasteiger partial charge >= 0.3 is 6.03 Å². The van der Waals surface area contributed by atoms with Crippen molar-refractivity contribution in [1.29, 1.82) is 5.26 Å². The molecule has 7 nitrogen and oxygen atoms in total. The van der Waals surface area contributed by atoms with Crippen LogP contribution in [-0.4, -0.2) is 34.8 Å². The van der Waals surface area contributed by atoms with Crippen LogP contribution in [0.3, 0.4) is 0 Å². The molecule has 4 amide bonds. The van der Waals surface area contributed by atoms with Crippen LogP contribution in [0.4, 0.5) is 9.80 Å². The van der Waals surface area contributed by atoms with Gasteiger partial charge in [0, 0.05) is 12.8 Å². The lowest BCUT2D eigenvalue weighted by molar-refractivity contribution is -0.133. The van der Waals surface area contributed by atoms with Gasteiger partial charge in [-0.3, -0.25) is 14.5 Å². The summed E-state index contributed by atoms with van der Waals surface area (Å²) in [4.78, 5) is 39.8. The van der Waals surface area contributed by atoms with Gasteiger partial charge in [0.1, 0.15) is 23.2 Å². The summed E-state index contributed by atoms with van der Waals surface area (Å²) in [6.45, 7) is -0.432. The van der Waals surface area contributed by atoms with Crippen molar-refractivity contribution in [3.63, 3.8) is 0 Å². The number of anilines is 1. The van der Waals surface area contributed by atoms with E-state index in [1.165, 1.54) is 11.3 Å². The topological polar surface area (TPSA) is 102 Å². The highest BCUT2D eigenvalue weighted by molar-refractivity contribution is 7.14. The van der Waals surface area contributed by atoms with E-state index in [0.717, 1.165) is 16.0 Å². The number of benzene rings is 2. The highest BCUT2D eigenvalue weighted by Gasteiger charge is 2.51. The van der Waals surface area contributed by atoms with Gasteiger partial charge in [-0.2, -0.15) is 5.26 Å². The zero-order valence-corrected chi connectivity index (χ0v) is 17.9. The summed E-state index contributed by atoms with van der Waals surface area (Å²) in [6.07, 6.45) is 0.601. The Morgan fingerprint density at radius 3 is 2.16 bits per heavy atom. The summed E-state index contributed by atoms with van der Waals surface area (Å²) in [7, 11) is 0. The minimum Gasteiger partial charge on any atom is -0.322 e. The maximum absolute atomic E-state index is 13.5. The number of carbonyl (C=O) groups is 3. The molecule has 160 valence electrons. The molecule has 0 spiro atoms. The average Bonchev–Trinajstić information content (AvgIpc) is 3.33. The minimum atomic E-state index is -1.19. The van der Waals surface area contributed by atoms with Gasteiger partial charge in [-0.1, -0.05) is 60.7 Å². The maximum Gasteiger partial charge on any atom is 0.325 e. The number of nitrogens with one attached hydrogen (secondary N) is 2. The van der Waals surface area contributed by atoms with Crippen LogP contribution < -0.4 is 10.6 Å². The van der Waals surface area contributed by atoms with Gasteiger partial charge in [0.05, 0.1) is 5.56 Å². The quantitative estimate of drug-likeness (QED) is 0.546. The molecule has 2 heterocycles. The molecule has 1 aromatic heterocycles. The zero-order valence-electron chi connectivity index (χ0n) is 17.1. The average molecular weight is 445 g/mol. The number of carbonyl (C=O) groups excluding carboxylic acids is 3. The Bertz CT molecular complexity index is 1140. The first-order chi connectivity index (χ1) is 15.5. The van der Waals surface area contributed by atoms with Crippen molar-refractivity contribution in [2.75, 3.05) is 11.9 Å². The molecule has 1 fully saturated rings. The number of nitriles is 1. The van der Waals surface area contributed by atoms with Crippen molar-refractivity contribution in [1.82, 2.24) is 10.2 Å². The summed E-state index contributed by atoms with van der Waals surface area (Å²) in [5, 5.41) is 16.7. The van der Waals surface area contributed by atoms with E-state index in [4.69, 9.17) is 5.26 Å². The summed E-state index contributed by atoms with van der Waals surface area (Å²) in [6, 6.07) is 21.9. The smallest absolute Gasteiger partial charge is 0.322 e. The van der Waals surface area contributed by atoms with Crippen LogP contribution in [0.1, 0.15) is 16.7 Å². The van der Waals surface area contributed by atoms with Gasteiger partial charge in [0.2, 0.25) is 5.91 Å². The van der Waals surface area contributed by atoms with Gasteiger partial charge in [0.25, 0.3) is 5.91 Å². The van der Waals surface area contributed by atoms with E-state index in [1.54, 1.807) is 11.4 Å². The van der Waals surface area contributed by atoms with E-state index in [2.05, 4.69) is 10.6 Å². The Morgan fingerprint density at radius 1 is 1.00 bits per heavy atom. The van der Waals surface area contributed by atoms with Crippen molar-refractivity contribution in [2.45, 2.75) is 18.4 Å². The van der Waals surface area contributed by atoms with Crippen LogP contribution in [0, 0.1) is 11.3 Å². The third-order valence-electron chi connectivity index (χ3n) is 5.28. The van der Waals surface area contributed by atoms with Gasteiger partial charge in [-0.25, -0.2) is 4.79 Å². The van der Waals surface area contributed by atoms with E-state index < -0.39 is 29.9 Å². The molecule has 4 rings (SSSR count). The Kier molecular flexibility index (Phi) is 6.01. The molecule has 2 N–H and O–H groups in total. The van der Waals surface area contributed by atoms with E-state index in [1.807, 2.05) is 66.7 Å². The zero-order chi connectivity index (χ0) is 22.6. The second-order valence-corrected chi connectivity index (χ2v) is 8.47. The second-order valence-electron chi connectivity index (χ2n) is 7.55. The molecular formula is C24H20N4O3S. The Morgan fingerprint density at radius 2 is 1.59 bits per heavy atom. The summed E-state index contributed by atoms with van der Waals surface area (Å²) >= 11 is 1.21. The van der Waals surface area contributed by atoms with E-state index in [0.29, 0.717) is 23.4 Å². The SMILES string of the molecule is N#Cc1ccsc1NC(=O)CN1C(=O)NC(Cc2ccccc2)(Cc2ccccc2)C1=O. The van der Waals surface area contributed by atoms with Crippen molar-refractivity contribution in [2.24, 2.45) is 0 Å². The number of hydrogen-bond acceptors (Lipinski definition) is 5. The van der Waals surface area contributed by atoms with Crippen LogP contribution in [0.5, 0.6) is 0 Å². The standard InChI is InChI=1S/C24H20N4O3S/c25-15-19-11-12-32-21(19)26-20(29)16-28-22(30)24(27-23(28)31,13-17-7-3-1-4-8-17)14-18-9-5-2-6-10-18/h1-12H,13-14,16H2,(H,26,29)(H,27,31). The second kappa shape index (κ2) is 9.04. The molecule has 8 heteroatoms. The number of rotatable bonds is 7.